The van der Waals surface area contributed by atoms with Crippen LogP contribution in [0.2, 0.25) is 0 Å². The number of ether oxygens (including phenoxy) is 1. The summed E-state index contributed by atoms with van der Waals surface area (Å²) in [6.45, 7) is 8.05. The SMILES string of the molecule is Cc1cnc(SCCN2CCOCC2)nc1[C@H]1CCCN(C(=O)/C=C/c2ccc(F)cc2)C1. The fraction of sp³-hybridized carbons (Fsp3) is 0.480. The molecule has 2 fully saturated rings. The summed E-state index contributed by atoms with van der Waals surface area (Å²) in [4.78, 5) is 26.5. The molecule has 8 heteroatoms. The third-order valence-corrected chi connectivity index (χ3v) is 6.98. The summed E-state index contributed by atoms with van der Waals surface area (Å²) in [6.07, 6.45) is 7.19. The van der Waals surface area contributed by atoms with Crippen molar-refractivity contribution in [3.63, 3.8) is 0 Å². The van der Waals surface area contributed by atoms with Crippen LogP contribution in [-0.2, 0) is 9.53 Å². The summed E-state index contributed by atoms with van der Waals surface area (Å²) in [5, 5.41) is 0.809. The van der Waals surface area contributed by atoms with E-state index in [9.17, 15) is 9.18 Å². The maximum atomic E-state index is 13.1. The molecular formula is C25H31FN4O2S. The Hall–Kier alpha value is -2.29. The quantitative estimate of drug-likeness (QED) is 0.349. The topological polar surface area (TPSA) is 58.6 Å². The Balaban J connectivity index is 1.35. The second-order valence-corrected chi connectivity index (χ2v) is 9.59. The van der Waals surface area contributed by atoms with E-state index in [4.69, 9.17) is 9.72 Å². The Labute approximate surface area is 199 Å². The molecule has 0 bridgehead atoms. The third-order valence-electron chi connectivity index (χ3n) is 6.14. The van der Waals surface area contributed by atoms with Gasteiger partial charge in [-0.15, -0.1) is 0 Å². The maximum Gasteiger partial charge on any atom is 0.246 e. The molecule has 2 aliphatic heterocycles. The molecule has 1 atom stereocenters. The monoisotopic (exact) mass is 470 g/mol. The zero-order valence-corrected chi connectivity index (χ0v) is 19.9. The number of benzene rings is 1. The van der Waals surface area contributed by atoms with Crippen LogP contribution in [-0.4, -0.2) is 77.4 Å². The van der Waals surface area contributed by atoms with Gasteiger partial charge in [-0.05, 0) is 49.1 Å². The first-order valence-corrected chi connectivity index (χ1v) is 12.6. The molecule has 3 heterocycles. The average Bonchev–Trinajstić information content (AvgIpc) is 2.85. The van der Waals surface area contributed by atoms with Crippen molar-refractivity contribution in [1.29, 1.82) is 0 Å². The second-order valence-electron chi connectivity index (χ2n) is 8.53. The smallest absolute Gasteiger partial charge is 0.246 e. The van der Waals surface area contributed by atoms with Crippen molar-refractivity contribution >= 4 is 23.7 Å². The average molecular weight is 471 g/mol. The van der Waals surface area contributed by atoms with E-state index in [2.05, 4.69) is 9.88 Å². The van der Waals surface area contributed by atoms with E-state index in [1.807, 2.05) is 18.0 Å². The minimum Gasteiger partial charge on any atom is -0.379 e. The fourth-order valence-corrected chi connectivity index (χ4v) is 5.08. The van der Waals surface area contributed by atoms with Gasteiger partial charge >= 0.3 is 0 Å². The van der Waals surface area contributed by atoms with Crippen molar-refractivity contribution in [3.8, 4) is 0 Å². The summed E-state index contributed by atoms with van der Waals surface area (Å²) in [5.41, 5.74) is 2.94. The van der Waals surface area contributed by atoms with Crippen molar-refractivity contribution in [3.05, 3.63) is 59.2 Å². The van der Waals surface area contributed by atoms with Gasteiger partial charge in [0.05, 0.1) is 18.9 Å². The molecule has 33 heavy (non-hydrogen) atoms. The molecule has 0 radical (unpaired) electrons. The van der Waals surface area contributed by atoms with Crippen LogP contribution in [0.4, 0.5) is 4.39 Å². The summed E-state index contributed by atoms with van der Waals surface area (Å²) in [5.74, 6) is 0.863. The van der Waals surface area contributed by atoms with Crippen molar-refractivity contribution in [2.75, 3.05) is 51.7 Å². The van der Waals surface area contributed by atoms with Gasteiger partial charge in [0.1, 0.15) is 5.82 Å². The molecule has 2 aliphatic rings. The zero-order chi connectivity index (χ0) is 23.0. The van der Waals surface area contributed by atoms with Gasteiger partial charge in [0.15, 0.2) is 5.16 Å². The molecule has 1 aromatic heterocycles. The van der Waals surface area contributed by atoms with Crippen LogP contribution in [0, 0.1) is 12.7 Å². The summed E-state index contributed by atoms with van der Waals surface area (Å²) in [7, 11) is 0. The van der Waals surface area contributed by atoms with Crippen molar-refractivity contribution in [2.24, 2.45) is 0 Å². The number of carbonyl (C=O) groups excluding carboxylic acids is 1. The van der Waals surface area contributed by atoms with Gasteiger partial charge in [-0.2, -0.15) is 0 Å². The van der Waals surface area contributed by atoms with E-state index in [0.29, 0.717) is 6.54 Å². The number of hydrogen-bond acceptors (Lipinski definition) is 6. The lowest BCUT2D eigenvalue weighted by Gasteiger charge is -2.32. The summed E-state index contributed by atoms with van der Waals surface area (Å²) < 4.78 is 18.5. The van der Waals surface area contributed by atoms with E-state index in [1.165, 1.54) is 12.1 Å². The maximum absolute atomic E-state index is 13.1. The van der Waals surface area contributed by atoms with Crippen LogP contribution in [0.3, 0.4) is 0 Å². The van der Waals surface area contributed by atoms with Crippen molar-refractivity contribution in [2.45, 2.75) is 30.8 Å². The number of halogens is 1. The number of aromatic nitrogens is 2. The highest BCUT2D eigenvalue weighted by atomic mass is 32.2. The van der Waals surface area contributed by atoms with Gasteiger partial charge < -0.3 is 9.64 Å². The van der Waals surface area contributed by atoms with Gasteiger partial charge in [0, 0.05) is 56.7 Å². The number of thioether (sulfide) groups is 1. The molecule has 1 amide bonds. The molecule has 0 saturated carbocycles. The molecule has 6 nitrogen and oxygen atoms in total. The van der Waals surface area contributed by atoms with Gasteiger partial charge in [0.2, 0.25) is 5.91 Å². The zero-order valence-electron chi connectivity index (χ0n) is 19.1. The summed E-state index contributed by atoms with van der Waals surface area (Å²) >= 11 is 1.69. The highest BCUT2D eigenvalue weighted by molar-refractivity contribution is 7.99. The molecule has 4 rings (SSSR count). The molecular weight excluding hydrogens is 439 g/mol. The predicted molar refractivity (Wildman–Crippen MR) is 129 cm³/mol. The standard InChI is InChI=1S/C25H31FN4O2S/c1-19-17-27-25(33-16-13-29-11-14-32-15-12-29)28-24(19)21-3-2-10-30(18-21)23(31)9-6-20-4-7-22(26)8-5-20/h4-9,17,21H,2-3,10-16,18H2,1H3/b9-6+/t21-/m0/s1. The van der Waals surface area contributed by atoms with Crippen LogP contribution < -0.4 is 0 Å². The first-order chi connectivity index (χ1) is 16.1. The second kappa shape index (κ2) is 11.7. The fourth-order valence-electron chi connectivity index (χ4n) is 4.26. The van der Waals surface area contributed by atoms with Gasteiger partial charge in [-0.3, -0.25) is 9.69 Å². The molecule has 0 spiro atoms. The molecule has 2 aromatic rings. The first kappa shape index (κ1) is 23.9. The van der Waals surface area contributed by atoms with E-state index in [-0.39, 0.29) is 17.6 Å². The minimum absolute atomic E-state index is 0.0177. The number of hydrogen-bond donors (Lipinski definition) is 0. The Morgan fingerprint density at radius 1 is 1.24 bits per heavy atom. The number of rotatable bonds is 7. The van der Waals surface area contributed by atoms with Crippen LogP contribution in [0.1, 0.15) is 35.6 Å². The normalized spacial score (nSPS) is 19.8. The molecule has 1 aromatic carbocycles. The molecule has 176 valence electrons. The number of likely N-dealkylation sites (tertiary alicyclic amines) is 1. The third kappa shape index (κ3) is 6.85. The molecule has 0 aliphatic carbocycles. The van der Waals surface area contributed by atoms with Gasteiger partial charge in [-0.1, -0.05) is 23.9 Å². The molecule has 0 N–H and O–H groups in total. The lowest BCUT2D eigenvalue weighted by molar-refractivity contribution is -0.127. The number of carbonyl (C=O) groups is 1. The lowest BCUT2D eigenvalue weighted by Crippen LogP contribution is -2.38. The number of aryl methyl sites for hydroxylation is 1. The largest absolute Gasteiger partial charge is 0.379 e. The predicted octanol–water partition coefficient (Wildman–Crippen LogP) is 3.77. The van der Waals surface area contributed by atoms with Crippen LogP contribution in [0.15, 0.2) is 41.7 Å². The highest BCUT2D eigenvalue weighted by Crippen LogP contribution is 2.29. The van der Waals surface area contributed by atoms with E-state index >= 15 is 0 Å². The van der Waals surface area contributed by atoms with Crippen molar-refractivity contribution < 1.29 is 13.9 Å². The van der Waals surface area contributed by atoms with Crippen LogP contribution >= 0.6 is 11.8 Å². The molecule has 2 saturated heterocycles. The van der Waals surface area contributed by atoms with E-state index < -0.39 is 0 Å². The number of amides is 1. The lowest BCUT2D eigenvalue weighted by atomic mass is 9.92. The van der Waals surface area contributed by atoms with Gasteiger partial charge in [-0.25, -0.2) is 14.4 Å². The minimum atomic E-state index is -0.281. The van der Waals surface area contributed by atoms with Crippen molar-refractivity contribution in [1.82, 2.24) is 19.8 Å². The van der Waals surface area contributed by atoms with Crippen LogP contribution in [0.25, 0.3) is 6.08 Å². The Kier molecular flexibility index (Phi) is 8.47. The van der Waals surface area contributed by atoms with E-state index in [1.54, 1.807) is 36.0 Å². The first-order valence-electron chi connectivity index (χ1n) is 11.6. The van der Waals surface area contributed by atoms with E-state index in [0.717, 1.165) is 80.0 Å². The van der Waals surface area contributed by atoms with Crippen LogP contribution in [0.5, 0.6) is 0 Å². The number of morpholine rings is 1. The Bertz CT molecular complexity index is 963. The Morgan fingerprint density at radius 3 is 2.82 bits per heavy atom. The molecule has 0 unspecified atom stereocenters. The number of nitrogens with zero attached hydrogens (tertiary/aromatic N) is 4. The summed E-state index contributed by atoms with van der Waals surface area (Å²) in [6, 6.07) is 6.13. The van der Waals surface area contributed by atoms with Gasteiger partial charge in [0.25, 0.3) is 0 Å². The Morgan fingerprint density at radius 2 is 2.03 bits per heavy atom. The highest BCUT2D eigenvalue weighted by Gasteiger charge is 2.26. The number of piperidine rings is 1.